The van der Waals surface area contributed by atoms with Crippen LogP contribution < -0.4 is 0 Å². The van der Waals surface area contributed by atoms with E-state index in [1.165, 1.54) is 17.7 Å². The molecule has 0 amide bonds. The molecule has 2 heterocycles. The van der Waals surface area contributed by atoms with Crippen LogP contribution in [0.5, 0.6) is 5.75 Å². The predicted molar refractivity (Wildman–Crippen MR) is 107 cm³/mol. The Morgan fingerprint density at radius 1 is 1.37 bits per heavy atom. The summed E-state index contributed by atoms with van der Waals surface area (Å²) in [6.45, 7) is 6.85. The van der Waals surface area contributed by atoms with Crippen LogP contribution in [0, 0.1) is 5.82 Å². The summed E-state index contributed by atoms with van der Waals surface area (Å²) in [6, 6.07) is 10.1. The second kappa shape index (κ2) is 8.78. The number of pyridine rings is 1. The third-order valence-corrected chi connectivity index (χ3v) is 4.76. The van der Waals surface area contributed by atoms with Gasteiger partial charge in [0.1, 0.15) is 0 Å². The van der Waals surface area contributed by atoms with Gasteiger partial charge in [0.05, 0.1) is 18.4 Å². The molecule has 0 spiro atoms. The summed E-state index contributed by atoms with van der Waals surface area (Å²) < 4.78 is 19.6. The van der Waals surface area contributed by atoms with Crippen molar-refractivity contribution in [1.29, 1.82) is 0 Å². The Bertz CT molecular complexity index is 871. The monoisotopic (exact) mass is 365 g/mol. The number of phenols is 1. The van der Waals surface area contributed by atoms with E-state index >= 15 is 0 Å². The van der Waals surface area contributed by atoms with Gasteiger partial charge in [0, 0.05) is 6.20 Å². The quantitative estimate of drug-likeness (QED) is 0.701. The van der Waals surface area contributed by atoms with Crippen LogP contribution in [-0.2, 0) is 4.74 Å². The molecule has 4 heteroatoms. The van der Waals surface area contributed by atoms with E-state index in [9.17, 15) is 9.50 Å². The van der Waals surface area contributed by atoms with Gasteiger partial charge >= 0.3 is 0 Å². The molecule has 0 saturated heterocycles. The highest BCUT2D eigenvalue weighted by Gasteiger charge is 2.22. The molecule has 2 aromatic rings. The second-order valence-electron chi connectivity index (χ2n) is 6.57. The molecule has 1 unspecified atom stereocenters. The summed E-state index contributed by atoms with van der Waals surface area (Å²) in [5.41, 5.74) is 4.84. The predicted octanol–water partition coefficient (Wildman–Crippen LogP) is 5.54. The molecule has 3 nitrogen and oxygen atoms in total. The fraction of sp³-hybridized carbons (Fsp3) is 0.261. The van der Waals surface area contributed by atoms with Crippen LogP contribution in [0.4, 0.5) is 4.39 Å². The molecule has 0 radical (unpaired) electrons. The zero-order chi connectivity index (χ0) is 19.2. The van der Waals surface area contributed by atoms with Crippen molar-refractivity contribution in [3.63, 3.8) is 0 Å². The van der Waals surface area contributed by atoms with Crippen LogP contribution in [0.3, 0.4) is 0 Å². The van der Waals surface area contributed by atoms with Gasteiger partial charge < -0.3 is 9.84 Å². The maximum absolute atomic E-state index is 13.7. The van der Waals surface area contributed by atoms with Gasteiger partial charge in [-0.25, -0.2) is 4.39 Å². The molecule has 3 rings (SSSR count). The standard InChI is InChI=1S/C23H24FNO2/c1-3-16(2)19-11-13-27-23(19)10-8-18(21-6-4-5-12-25-21)14-17-7-9-22(26)20(24)15-17/h4-7,9,11-12,14-15,23,26H,2-3,8,10,13H2,1H3/b18-14-. The van der Waals surface area contributed by atoms with Crippen LogP contribution in [-0.4, -0.2) is 22.8 Å². The maximum Gasteiger partial charge on any atom is 0.165 e. The fourth-order valence-corrected chi connectivity index (χ4v) is 3.22. The molecule has 1 N–H and O–H groups in total. The highest BCUT2D eigenvalue weighted by molar-refractivity contribution is 5.80. The summed E-state index contributed by atoms with van der Waals surface area (Å²) in [7, 11) is 0. The van der Waals surface area contributed by atoms with Gasteiger partial charge in [0.25, 0.3) is 0 Å². The van der Waals surface area contributed by atoms with E-state index in [1.54, 1.807) is 12.3 Å². The smallest absolute Gasteiger partial charge is 0.165 e. The third-order valence-electron chi connectivity index (χ3n) is 4.76. The molecular formula is C23H24FNO2. The van der Waals surface area contributed by atoms with Crippen LogP contribution in [0.25, 0.3) is 11.6 Å². The van der Waals surface area contributed by atoms with Crippen molar-refractivity contribution in [2.24, 2.45) is 0 Å². The molecular weight excluding hydrogens is 341 g/mol. The van der Waals surface area contributed by atoms with Gasteiger partial charge in [-0.3, -0.25) is 4.98 Å². The molecule has 1 atom stereocenters. The van der Waals surface area contributed by atoms with Gasteiger partial charge in [-0.05, 0) is 71.9 Å². The minimum absolute atomic E-state index is 0.0288. The summed E-state index contributed by atoms with van der Waals surface area (Å²) in [5, 5.41) is 9.41. The largest absolute Gasteiger partial charge is 0.505 e. The lowest BCUT2D eigenvalue weighted by Crippen LogP contribution is -2.11. The zero-order valence-electron chi connectivity index (χ0n) is 15.5. The molecule has 0 fully saturated rings. The van der Waals surface area contributed by atoms with Crippen LogP contribution >= 0.6 is 0 Å². The average Bonchev–Trinajstić information content (AvgIpc) is 3.16. The van der Waals surface area contributed by atoms with Crippen molar-refractivity contribution in [2.45, 2.75) is 32.3 Å². The number of rotatable bonds is 7. The molecule has 1 aliphatic heterocycles. The molecule has 0 aliphatic carbocycles. The maximum atomic E-state index is 13.7. The van der Waals surface area contributed by atoms with Crippen molar-refractivity contribution in [3.8, 4) is 5.75 Å². The van der Waals surface area contributed by atoms with Gasteiger partial charge in [0.2, 0.25) is 0 Å². The fourth-order valence-electron chi connectivity index (χ4n) is 3.22. The number of aromatic nitrogens is 1. The first kappa shape index (κ1) is 19.1. The first-order valence-corrected chi connectivity index (χ1v) is 9.18. The van der Waals surface area contributed by atoms with Gasteiger partial charge in [-0.1, -0.05) is 31.7 Å². The molecule has 0 bridgehead atoms. The number of hydrogen-bond donors (Lipinski definition) is 1. The Morgan fingerprint density at radius 3 is 2.93 bits per heavy atom. The lowest BCUT2D eigenvalue weighted by Gasteiger charge is -2.17. The summed E-state index contributed by atoms with van der Waals surface area (Å²) >= 11 is 0. The summed E-state index contributed by atoms with van der Waals surface area (Å²) in [4.78, 5) is 4.45. The molecule has 1 aromatic heterocycles. The first-order chi connectivity index (χ1) is 13.1. The van der Waals surface area contributed by atoms with E-state index in [-0.39, 0.29) is 11.9 Å². The third kappa shape index (κ3) is 4.72. The molecule has 1 aromatic carbocycles. The van der Waals surface area contributed by atoms with Crippen molar-refractivity contribution >= 4 is 11.6 Å². The lowest BCUT2D eigenvalue weighted by atomic mass is 9.94. The van der Waals surface area contributed by atoms with Gasteiger partial charge in [-0.15, -0.1) is 0 Å². The number of phenolic OH excluding ortho intramolecular Hbond substituents is 1. The van der Waals surface area contributed by atoms with E-state index < -0.39 is 5.82 Å². The van der Waals surface area contributed by atoms with Crippen molar-refractivity contribution in [2.75, 3.05) is 6.61 Å². The lowest BCUT2D eigenvalue weighted by molar-refractivity contribution is 0.117. The van der Waals surface area contributed by atoms with Gasteiger partial charge in [-0.2, -0.15) is 0 Å². The summed E-state index contributed by atoms with van der Waals surface area (Å²) in [5.74, 6) is -0.980. The first-order valence-electron chi connectivity index (χ1n) is 9.18. The Hall–Kier alpha value is -2.72. The highest BCUT2D eigenvalue weighted by atomic mass is 19.1. The van der Waals surface area contributed by atoms with Crippen molar-refractivity contribution < 1.29 is 14.2 Å². The van der Waals surface area contributed by atoms with E-state index in [1.807, 2.05) is 24.3 Å². The highest BCUT2D eigenvalue weighted by Crippen LogP contribution is 2.30. The van der Waals surface area contributed by atoms with E-state index in [0.717, 1.165) is 36.1 Å². The van der Waals surface area contributed by atoms with Crippen molar-refractivity contribution in [3.05, 3.63) is 83.5 Å². The number of ether oxygens (including phenoxy) is 1. The van der Waals surface area contributed by atoms with E-state index in [2.05, 4.69) is 24.6 Å². The number of nitrogens with zero attached hydrogens (tertiary/aromatic N) is 1. The zero-order valence-corrected chi connectivity index (χ0v) is 15.5. The Labute approximate surface area is 159 Å². The number of halogens is 1. The normalized spacial score (nSPS) is 17.0. The van der Waals surface area contributed by atoms with Crippen LogP contribution in [0.15, 0.2) is 66.4 Å². The number of benzene rings is 1. The van der Waals surface area contributed by atoms with E-state index in [0.29, 0.717) is 12.2 Å². The minimum Gasteiger partial charge on any atom is -0.505 e. The van der Waals surface area contributed by atoms with Crippen LogP contribution in [0.2, 0.25) is 0 Å². The number of hydrogen-bond acceptors (Lipinski definition) is 3. The molecule has 1 aliphatic rings. The Morgan fingerprint density at radius 2 is 2.22 bits per heavy atom. The Kier molecular flexibility index (Phi) is 6.20. The minimum atomic E-state index is -0.632. The SMILES string of the molecule is C=C(CC)C1=CCOC1CC/C(=C/c1ccc(O)c(F)c1)c1ccccn1. The van der Waals surface area contributed by atoms with E-state index in [4.69, 9.17) is 4.74 Å². The van der Waals surface area contributed by atoms with Crippen molar-refractivity contribution in [1.82, 2.24) is 4.98 Å². The second-order valence-corrected chi connectivity index (χ2v) is 6.57. The number of allylic oxidation sites excluding steroid dienone is 1. The molecule has 27 heavy (non-hydrogen) atoms. The summed E-state index contributed by atoms with van der Waals surface area (Å²) in [6.07, 6.45) is 8.24. The van der Waals surface area contributed by atoms with Crippen LogP contribution in [0.1, 0.15) is 37.4 Å². The average molecular weight is 365 g/mol. The topological polar surface area (TPSA) is 42.4 Å². The number of aromatic hydroxyl groups is 1. The molecule has 0 saturated carbocycles. The molecule has 140 valence electrons. The van der Waals surface area contributed by atoms with Gasteiger partial charge in [0.15, 0.2) is 11.6 Å². The Balaban J connectivity index is 1.83.